The fraction of sp³-hybridized carbons (Fsp3) is 0.381. The Kier molecular flexibility index (Phi) is 4.59. The lowest BCUT2D eigenvalue weighted by Gasteiger charge is -2.27. The second-order valence-electron chi connectivity index (χ2n) is 7.14. The zero-order valence-corrected chi connectivity index (χ0v) is 16.0. The van der Waals surface area contributed by atoms with Crippen molar-refractivity contribution in [3.05, 3.63) is 50.4 Å². The van der Waals surface area contributed by atoms with Crippen LogP contribution in [0.25, 0.3) is 6.08 Å². The number of aryl methyl sites for hydroxylation is 2. The molecule has 1 saturated heterocycles. The lowest BCUT2D eigenvalue weighted by Crippen LogP contribution is -2.29. The minimum absolute atomic E-state index is 0.0924. The molecule has 0 spiro atoms. The number of carbonyl (C=O) groups is 1. The lowest BCUT2D eigenvalue weighted by molar-refractivity contribution is 0.101. The number of benzene rings is 1. The van der Waals surface area contributed by atoms with Gasteiger partial charge in [-0.25, -0.2) is 0 Å². The highest BCUT2D eigenvalue weighted by molar-refractivity contribution is 7.11. The van der Waals surface area contributed by atoms with Crippen LogP contribution in [-0.2, 0) is 6.54 Å². The highest BCUT2D eigenvalue weighted by Gasteiger charge is 2.34. The van der Waals surface area contributed by atoms with Gasteiger partial charge in [0, 0.05) is 17.5 Å². The number of hydrogen-bond donors (Lipinski definition) is 1. The number of nitrogens with zero attached hydrogens (tertiary/aromatic N) is 1. The number of fused-ring (bicyclic) bond motifs is 1. The van der Waals surface area contributed by atoms with Crippen molar-refractivity contribution in [2.45, 2.75) is 39.7 Å². The van der Waals surface area contributed by atoms with Crippen LogP contribution in [-0.4, -0.2) is 28.9 Å². The quantitative estimate of drug-likeness (QED) is 0.799. The maximum atomic E-state index is 12.9. The summed E-state index contributed by atoms with van der Waals surface area (Å²) in [7, 11) is 0. The van der Waals surface area contributed by atoms with E-state index < -0.39 is 0 Å². The molecule has 0 radical (unpaired) electrons. The Bertz CT molecular complexity index is 891. The number of phenolic OH excluding ortho intramolecular Hbond substituents is 1. The first-order chi connectivity index (χ1) is 12.5. The Labute approximate surface area is 157 Å². The molecule has 1 N–H and O–H groups in total. The van der Waals surface area contributed by atoms with Gasteiger partial charge in [-0.2, -0.15) is 0 Å². The Morgan fingerprint density at radius 1 is 1.23 bits per heavy atom. The number of hydrogen-bond acceptors (Lipinski definition) is 5. The zero-order valence-electron chi connectivity index (χ0n) is 15.2. The fourth-order valence-corrected chi connectivity index (χ4v) is 4.57. The zero-order chi connectivity index (χ0) is 18.3. The van der Waals surface area contributed by atoms with Crippen LogP contribution < -0.4 is 4.74 Å². The first-order valence-corrected chi connectivity index (χ1v) is 9.98. The summed E-state index contributed by atoms with van der Waals surface area (Å²) in [5.74, 6) is 1.01. The number of piperidine rings is 1. The average molecular weight is 369 g/mol. The third-order valence-corrected chi connectivity index (χ3v) is 6.18. The lowest BCUT2D eigenvalue weighted by atomic mass is 9.99. The first kappa shape index (κ1) is 17.3. The molecule has 1 aromatic heterocycles. The Morgan fingerprint density at radius 3 is 2.69 bits per heavy atom. The maximum absolute atomic E-state index is 12.9. The van der Waals surface area contributed by atoms with E-state index >= 15 is 0 Å². The van der Waals surface area contributed by atoms with E-state index in [1.807, 2.05) is 31.4 Å². The van der Waals surface area contributed by atoms with Crippen LogP contribution >= 0.6 is 11.3 Å². The van der Waals surface area contributed by atoms with Crippen LogP contribution in [0.15, 0.2) is 23.3 Å². The summed E-state index contributed by atoms with van der Waals surface area (Å²) < 4.78 is 6.01. The number of rotatable bonds is 3. The Morgan fingerprint density at radius 2 is 2.00 bits per heavy atom. The van der Waals surface area contributed by atoms with Gasteiger partial charge in [0.1, 0.15) is 11.5 Å². The van der Waals surface area contributed by atoms with Crippen LogP contribution in [0.4, 0.5) is 0 Å². The molecule has 0 bridgehead atoms. The molecule has 1 fully saturated rings. The molecular formula is C21H23NO3S. The van der Waals surface area contributed by atoms with Crippen LogP contribution in [0.3, 0.4) is 0 Å². The van der Waals surface area contributed by atoms with Crippen molar-refractivity contribution in [1.29, 1.82) is 0 Å². The van der Waals surface area contributed by atoms with Crippen molar-refractivity contribution in [2.75, 3.05) is 13.1 Å². The van der Waals surface area contributed by atoms with Crippen molar-refractivity contribution in [3.8, 4) is 11.5 Å². The van der Waals surface area contributed by atoms with Gasteiger partial charge in [-0.3, -0.25) is 9.69 Å². The van der Waals surface area contributed by atoms with Crippen molar-refractivity contribution in [3.63, 3.8) is 0 Å². The summed E-state index contributed by atoms with van der Waals surface area (Å²) in [6.45, 7) is 6.53. The smallest absolute Gasteiger partial charge is 0.232 e. The van der Waals surface area contributed by atoms with Gasteiger partial charge >= 0.3 is 0 Å². The third kappa shape index (κ3) is 3.06. The largest absolute Gasteiger partial charge is 0.507 e. The van der Waals surface area contributed by atoms with Gasteiger partial charge in [0.25, 0.3) is 0 Å². The van der Waals surface area contributed by atoms with Gasteiger partial charge in [-0.05, 0) is 68.4 Å². The molecular weight excluding hydrogens is 346 g/mol. The number of thiophene rings is 1. The molecule has 0 unspecified atom stereocenters. The molecule has 0 atom stereocenters. The van der Waals surface area contributed by atoms with E-state index in [-0.39, 0.29) is 11.5 Å². The molecule has 5 heteroatoms. The van der Waals surface area contributed by atoms with E-state index in [1.165, 1.54) is 19.3 Å². The number of allylic oxidation sites excluding steroid dienone is 1. The fourth-order valence-electron chi connectivity index (χ4n) is 3.73. The molecule has 136 valence electrons. The molecule has 3 heterocycles. The summed E-state index contributed by atoms with van der Waals surface area (Å²) in [6.07, 6.45) is 5.44. The van der Waals surface area contributed by atoms with E-state index in [0.717, 1.165) is 34.7 Å². The molecule has 0 amide bonds. The normalized spacial score (nSPS) is 19.0. The number of likely N-dealkylation sites (tertiary alicyclic amines) is 1. The summed E-state index contributed by atoms with van der Waals surface area (Å²) in [4.78, 5) is 16.3. The highest BCUT2D eigenvalue weighted by Crippen LogP contribution is 2.42. The number of aromatic hydroxyl groups is 1. The van der Waals surface area contributed by atoms with Gasteiger partial charge in [0.05, 0.1) is 11.1 Å². The average Bonchev–Trinajstić information content (AvgIpc) is 3.17. The highest BCUT2D eigenvalue weighted by atomic mass is 32.1. The molecule has 2 aromatic rings. The molecule has 4 rings (SSSR count). The van der Waals surface area contributed by atoms with Gasteiger partial charge in [-0.1, -0.05) is 6.42 Å². The first-order valence-electron chi connectivity index (χ1n) is 9.10. The van der Waals surface area contributed by atoms with E-state index in [4.69, 9.17) is 4.74 Å². The number of ether oxygens (including phenoxy) is 1. The Balaban J connectivity index is 1.72. The van der Waals surface area contributed by atoms with E-state index in [1.54, 1.807) is 17.4 Å². The molecule has 0 aliphatic carbocycles. The van der Waals surface area contributed by atoms with E-state index in [0.29, 0.717) is 23.6 Å². The minimum Gasteiger partial charge on any atom is -0.507 e. The van der Waals surface area contributed by atoms with Gasteiger partial charge in [0.2, 0.25) is 5.78 Å². The Hall–Kier alpha value is -2.11. The number of phenols is 1. The number of ketones is 1. The van der Waals surface area contributed by atoms with Crippen LogP contribution in [0, 0.1) is 13.8 Å². The van der Waals surface area contributed by atoms with Crippen LogP contribution in [0.1, 0.15) is 51.2 Å². The standard InChI is InChI=1S/C21H23NO3S/c1-13-6-9-26-18(13)11-17-20(24)19-14(2)10-16(23)15(21(19)25-17)12-22-7-4-3-5-8-22/h6,9-11,23H,3-5,7-8,12H2,1-2H3/b17-11-. The predicted octanol–water partition coefficient (Wildman–Crippen LogP) is 4.67. The van der Waals surface area contributed by atoms with Crippen molar-refractivity contribution in [1.82, 2.24) is 4.90 Å². The monoisotopic (exact) mass is 369 g/mol. The second-order valence-corrected chi connectivity index (χ2v) is 8.09. The SMILES string of the molecule is Cc1ccsc1/C=C1\Oc2c(CN3CCCCC3)c(O)cc(C)c2C1=O. The molecule has 4 nitrogen and oxygen atoms in total. The summed E-state index contributed by atoms with van der Waals surface area (Å²) in [6, 6.07) is 3.72. The van der Waals surface area contributed by atoms with Crippen molar-refractivity contribution < 1.29 is 14.6 Å². The molecule has 2 aliphatic heterocycles. The second kappa shape index (κ2) is 6.89. The van der Waals surface area contributed by atoms with E-state index in [2.05, 4.69) is 4.90 Å². The molecule has 0 saturated carbocycles. The van der Waals surface area contributed by atoms with Gasteiger partial charge < -0.3 is 9.84 Å². The van der Waals surface area contributed by atoms with Crippen LogP contribution in [0.2, 0.25) is 0 Å². The topological polar surface area (TPSA) is 49.8 Å². The predicted molar refractivity (Wildman–Crippen MR) is 104 cm³/mol. The molecule has 2 aliphatic rings. The summed E-state index contributed by atoms with van der Waals surface area (Å²) >= 11 is 1.59. The number of carbonyl (C=O) groups excluding carboxylic acids is 1. The van der Waals surface area contributed by atoms with Gasteiger partial charge in [-0.15, -0.1) is 11.3 Å². The summed E-state index contributed by atoms with van der Waals surface area (Å²) in [5, 5.41) is 12.5. The molecule has 26 heavy (non-hydrogen) atoms. The van der Waals surface area contributed by atoms with Crippen molar-refractivity contribution >= 4 is 23.2 Å². The third-order valence-electron chi connectivity index (χ3n) is 5.22. The van der Waals surface area contributed by atoms with Gasteiger partial charge in [0.15, 0.2) is 5.76 Å². The van der Waals surface area contributed by atoms with E-state index in [9.17, 15) is 9.90 Å². The maximum Gasteiger partial charge on any atom is 0.232 e. The molecule has 1 aromatic carbocycles. The number of Topliss-reactive ketones (excluding diaryl/α,β-unsaturated/α-hetero) is 1. The minimum atomic E-state index is -0.0924. The van der Waals surface area contributed by atoms with Crippen LogP contribution in [0.5, 0.6) is 11.5 Å². The summed E-state index contributed by atoms with van der Waals surface area (Å²) in [5.41, 5.74) is 3.21. The van der Waals surface area contributed by atoms with Crippen molar-refractivity contribution in [2.24, 2.45) is 0 Å².